The van der Waals surface area contributed by atoms with E-state index in [0.717, 1.165) is 18.0 Å². The number of carbonyl (C=O) groups is 1. The zero-order valence-corrected chi connectivity index (χ0v) is 17.2. The van der Waals surface area contributed by atoms with Crippen LogP contribution in [-0.2, 0) is 33.4 Å². The van der Waals surface area contributed by atoms with Gasteiger partial charge in [-0.15, -0.1) is 10.2 Å². The zero-order chi connectivity index (χ0) is 24.7. The van der Waals surface area contributed by atoms with E-state index < -0.39 is 34.0 Å². The summed E-state index contributed by atoms with van der Waals surface area (Å²) in [4.78, 5) is 13.0. The standard InChI is InChI=1S/C15H14F3N5O2S.C2HF3O2/c16-15(17,18)14(20-21-14)11-1-3-12(4-2-11)26(24,25)23-7-5-13-19-6-8-22(13)9-10-23;3-2(4,5)1(6)7/h1-4,6,8H,5,7,9-10H2;(H,6,7). The largest absolute Gasteiger partial charge is 0.490 e. The highest BCUT2D eigenvalue weighted by Gasteiger charge is 2.65. The van der Waals surface area contributed by atoms with E-state index in [2.05, 4.69) is 15.2 Å². The van der Waals surface area contributed by atoms with Crippen LogP contribution in [0.1, 0.15) is 11.4 Å². The lowest BCUT2D eigenvalue weighted by atomic mass is 10.0. The Kier molecular flexibility index (Phi) is 6.27. The number of rotatable bonds is 3. The number of aromatic nitrogens is 2. The third-order valence-corrected chi connectivity index (χ3v) is 6.72. The highest BCUT2D eigenvalue weighted by Crippen LogP contribution is 2.52. The van der Waals surface area contributed by atoms with Crippen molar-refractivity contribution in [2.24, 2.45) is 10.2 Å². The monoisotopic (exact) mass is 499 g/mol. The fourth-order valence-electron chi connectivity index (χ4n) is 3.02. The van der Waals surface area contributed by atoms with Crippen LogP contribution in [0.25, 0.3) is 0 Å². The van der Waals surface area contributed by atoms with Crippen molar-refractivity contribution >= 4 is 16.0 Å². The predicted molar refractivity (Wildman–Crippen MR) is 97.4 cm³/mol. The van der Waals surface area contributed by atoms with Crippen molar-refractivity contribution in [3.63, 3.8) is 0 Å². The van der Waals surface area contributed by atoms with Gasteiger partial charge in [-0.05, 0) is 12.1 Å². The lowest BCUT2D eigenvalue weighted by molar-refractivity contribution is -0.192. The van der Waals surface area contributed by atoms with Crippen molar-refractivity contribution in [3.05, 3.63) is 48.0 Å². The van der Waals surface area contributed by atoms with Gasteiger partial charge in [-0.2, -0.15) is 30.6 Å². The van der Waals surface area contributed by atoms with E-state index in [1.54, 1.807) is 12.4 Å². The van der Waals surface area contributed by atoms with E-state index in [1.807, 2.05) is 4.57 Å². The maximum atomic E-state index is 13.0. The number of hydrogen-bond donors (Lipinski definition) is 1. The van der Waals surface area contributed by atoms with E-state index in [9.17, 15) is 34.8 Å². The average molecular weight is 499 g/mol. The Morgan fingerprint density at radius 3 is 2.06 bits per heavy atom. The number of halogens is 6. The second kappa shape index (κ2) is 8.40. The van der Waals surface area contributed by atoms with Crippen LogP contribution in [0, 0.1) is 0 Å². The first-order valence-electron chi connectivity index (χ1n) is 9.10. The molecule has 0 atom stereocenters. The Labute approximate surface area is 182 Å². The summed E-state index contributed by atoms with van der Waals surface area (Å²) >= 11 is 0. The van der Waals surface area contributed by atoms with Crippen LogP contribution >= 0.6 is 0 Å². The van der Waals surface area contributed by atoms with Gasteiger partial charge in [0, 0.05) is 44.0 Å². The zero-order valence-electron chi connectivity index (χ0n) is 16.4. The SMILES string of the molecule is O=C(O)C(F)(F)F.O=S(=O)(c1ccc(C2(C(F)(F)F)N=N2)cc1)N1CCc2nccn2CC1. The topological polar surface area (TPSA) is 117 Å². The first-order valence-corrected chi connectivity index (χ1v) is 10.5. The Hall–Kier alpha value is -3.01. The molecule has 0 unspecified atom stereocenters. The molecule has 0 spiro atoms. The van der Waals surface area contributed by atoms with Gasteiger partial charge in [0.2, 0.25) is 10.0 Å². The van der Waals surface area contributed by atoms with Gasteiger partial charge in [-0.3, -0.25) is 0 Å². The molecule has 0 aliphatic carbocycles. The molecule has 2 aliphatic rings. The van der Waals surface area contributed by atoms with E-state index in [4.69, 9.17) is 9.90 Å². The van der Waals surface area contributed by atoms with Crippen molar-refractivity contribution in [1.29, 1.82) is 0 Å². The van der Waals surface area contributed by atoms with Crippen LogP contribution < -0.4 is 0 Å². The molecule has 4 rings (SSSR count). The summed E-state index contributed by atoms with van der Waals surface area (Å²) < 4.78 is 99.7. The summed E-state index contributed by atoms with van der Waals surface area (Å²) in [6.45, 7) is 1.00. The Morgan fingerprint density at radius 2 is 1.58 bits per heavy atom. The fourth-order valence-corrected chi connectivity index (χ4v) is 4.45. The Balaban J connectivity index is 0.000000383. The summed E-state index contributed by atoms with van der Waals surface area (Å²) in [5.74, 6) is -1.95. The van der Waals surface area contributed by atoms with E-state index >= 15 is 0 Å². The molecule has 0 saturated heterocycles. The van der Waals surface area contributed by atoms with Crippen LogP contribution in [0.4, 0.5) is 26.3 Å². The lowest BCUT2D eigenvalue weighted by Crippen LogP contribution is -2.34. The number of benzene rings is 1. The average Bonchev–Trinajstić information content (AvgIpc) is 3.47. The summed E-state index contributed by atoms with van der Waals surface area (Å²) in [6, 6.07) is 4.57. The maximum Gasteiger partial charge on any atom is 0.490 e. The molecule has 0 amide bonds. The van der Waals surface area contributed by atoms with E-state index in [1.165, 1.54) is 16.4 Å². The Morgan fingerprint density at radius 1 is 1.00 bits per heavy atom. The molecular formula is C17H15F6N5O4S. The van der Waals surface area contributed by atoms with Crippen LogP contribution in [0.5, 0.6) is 0 Å². The van der Waals surface area contributed by atoms with Crippen LogP contribution in [0.15, 0.2) is 51.8 Å². The minimum atomic E-state index is -5.08. The first-order chi connectivity index (χ1) is 15.2. The number of nitrogens with zero attached hydrogens (tertiary/aromatic N) is 5. The number of hydrogen-bond acceptors (Lipinski definition) is 6. The molecule has 1 N–H and O–H groups in total. The number of carboxylic acids is 1. The highest BCUT2D eigenvalue weighted by molar-refractivity contribution is 7.89. The van der Waals surface area contributed by atoms with Crippen molar-refractivity contribution in [3.8, 4) is 0 Å². The molecular weight excluding hydrogens is 484 g/mol. The first kappa shape index (κ1) is 24.6. The summed E-state index contributed by atoms with van der Waals surface area (Å²) in [6.07, 6.45) is -5.79. The molecule has 0 fully saturated rings. The number of carboxylic acid groups (broad SMARTS) is 1. The van der Waals surface area contributed by atoms with E-state index in [-0.39, 0.29) is 23.5 Å². The van der Waals surface area contributed by atoms with Crippen LogP contribution in [0.3, 0.4) is 0 Å². The van der Waals surface area contributed by atoms with Gasteiger partial charge in [-0.25, -0.2) is 18.2 Å². The number of alkyl halides is 6. The molecule has 0 saturated carbocycles. The van der Waals surface area contributed by atoms with Crippen molar-refractivity contribution in [1.82, 2.24) is 13.9 Å². The third kappa shape index (κ3) is 5.00. The smallest absolute Gasteiger partial charge is 0.475 e. The number of aliphatic carboxylic acids is 1. The third-order valence-electron chi connectivity index (χ3n) is 4.81. The molecule has 2 aromatic rings. The molecule has 1 aromatic carbocycles. The predicted octanol–water partition coefficient (Wildman–Crippen LogP) is 2.94. The van der Waals surface area contributed by atoms with Crippen molar-refractivity contribution in [2.45, 2.75) is 35.9 Å². The maximum absolute atomic E-state index is 13.0. The van der Waals surface area contributed by atoms with Gasteiger partial charge in [0.05, 0.1) is 4.90 Å². The van der Waals surface area contributed by atoms with Crippen molar-refractivity contribution < 1.29 is 44.7 Å². The van der Waals surface area contributed by atoms with Gasteiger partial charge >= 0.3 is 24.0 Å². The minimum Gasteiger partial charge on any atom is -0.475 e. The summed E-state index contributed by atoms with van der Waals surface area (Å²) in [5, 5.41) is 13.4. The van der Waals surface area contributed by atoms with E-state index in [0.29, 0.717) is 13.0 Å². The molecule has 1 aromatic heterocycles. The van der Waals surface area contributed by atoms with Gasteiger partial charge in [-0.1, -0.05) is 12.1 Å². The van der Waals surface area contributed by atoms with Crippen LogP contribution in [0.2, 0.25) is 0 Å². The van der Waals surface area contributed by atoms with Crippen LogP contribution in [-0.4, -0.2) is 58.8 Å². The Bertz CT molecular complexity index is 1130. The van der Waals surface area contributed by atoms with Gasteiger partial charge in [0.25, 0.3) is 0 Å². The molecule has 9 nitrogen and oxygen atoms in total. The quantitative estimate of drug-likeness (QED) is 0.652. The van der Waals surface area contributed by atoms with Gasteiger partial charge < -0.3 is 9.67 Å². The molecule has 0 bridgehead atoms. The second-order valence-corrected chi connectivity index (χ2v) is 8.83. The van der Waals surface area contributed by atoms with Crippen molar-refractivity contribution in [2.75, 3.05) is 13.1 Å². The number of imidazole rings is 1. The fraction of sp³-hybridized carbons (Fsp3) is 0.412. The number of fused-ring (bicyclic) bond motifs is 1. The molecule has 33 heavy (non-hydrogen) atoms. The van der Waals surface area contributed by atoms with Gasteiger partial charge in [0.1, 0.15) is 5.82 Å². The highest BCUT2D eigenvalue weighted by atomic mass is 32.2. The molecule has 0 radical (unpaired) electrons. The molecule has 180 valence electrons. The minimum absolute atomic E-state index is 0.0567. The summed E-state index contributed by atoms with van der Waals surface area (Å²) in [5.41, 5.74) is -2.74. The second-order valence-electron chi connectivity index (χ2n) is 6.89. The lowest BCUT2D eigenvalue weighted by Gasteiger charge is -2.20. The number of sulfonamides is 1. The molecule has 3 heterocycles. The van der Waals surface area contributed by atoms with Gasteiger partial charge in [0.15, 0.2) is 0 Å². The molecule has 2 aliphatic heterocycles. The summed E-state index contributed by atoms with van der Waals surface area (Å²) in [7, 11) is -3.81. The normalized spacial score (nSPS) is 18.0. The molecule has 16 heteroatoms.